The third kappa shape index (κ3) is 21.5. The molecular formula is C57H68N6Na2O15S5. The Kier molecular flexibility index (Phi) is 27.5. The van der Waals surface area contributed by atoms with Crippen molar-refractivity contribution in [2.75, 3.05) is 59.7 Å². The summed E-state index contributed by atoms with van der Waals surface area (Å²) in [7, 11) is -16.0. The number of esters is 1. The maximum atomic E-state index is 12.6. The van der Waals surface area contributed by atoms with Crippen LogP contribution in [0.15, 0.2) is 118 Å². The smallest absolute Gasteiger partial charge is 0.748 e. The molecule has 0 amide bonds. The monoisotopic (exact) mass is 1280 g/mol. The van der Waals surface area contributed by atoms with Crippen LogP contribution in [0.3, 0.4) is 0 Å². The van der Waals surface area contributed by atoms with Gasteiger partial charge in [-0.05, 0) is 144 Å². The van der Waals surface area contributed by atoms with Crippen LogP contribution in [-0.4, -0.2) is 126 Å². The van der Waals surface area contributed by atoms with E-state index in [0.29, 0.717) is 71.2 Å². The summed E-state index contributed by atoms with van der Waals surface area (Å²) in [6.45, 7) is 12.3. The number of rotatable bonds is 27. The zero-order chi connectivity index (χ0) is 61.0. The molecule has 448 valence electrons. The molecule has 4 heterocycles. The number of pyridine rings is 1. The number of carbonyl (C=O) groups is 1. The summed E-state index contributed by atoms with van der Waals surface area (Å²) in [5, 5.41) is -1.16. The minimum atomic E-state index is -4.57. The van der Waals surface area contributed by atoms with Gasteiger partial charge in [-0.1, -0.05) is 43.6 Å². The second kappa shape index (κ2) is 31.8. The molecular weight excluding hydrogens is 1210 g/mol. The molecule has 1 aromatic heterocycles. The molecule has 3 aliphatic rings. The number of aryl methyl sites for hydroxylation is 1. The van der Waals surface area contributed by atoms with Crippen LogP contribution in [0, 0.1) is 29.1 Å². The van der Waals surface area contributed by atoms with Gasteiger partial charge in [0.15, 0.2) is 17.9 Å². The number of benzene rings is 2. The number of anilines is 2. The first kappa shape index (κ1) is 73.3. The third-order valence-electron chi connectivity index (χ3n) is 13.8. The third-order valence-corrected chi connectivity index (χ3v) is 18.5. The molecule has 28 heteroatoms. The van der Waals surface area contributed by atoms with E-state index < -0.39 is 68.0 Å². The Morgan fingerprint density at radius 2 is 1.40 bits per heavy atom. The van der Waals surface area contributed by atoms with Crippen molar-refractivity contribution in [1.82, 2.24) is 4.90 Å². The number of amidine groups is 1. The number of hydrogen-bond acceptors (Lipinski definition) is 20. The van der Waals surface area contributed by atoms with Crippen LogP contribution < -0.4 is 72.3 Å². The van der Waals surface area contributed by atoms with E-state index in [9.17, 15) is 52.1 Å². The van der Waals surface area contributed by atoms with Gasteiger partial charge in [-0.3, -0.25) is 13.4 Å². The Balaban J connectivity index is 0.00000774. The zero-order valence-electron chi connectivity index (χ0n) is 49.5. The molecule has 0 N–H and O–H groups in total. The van der Waals surface area contributed by atoms with Crippen molar-refractivity contribution in [3.05, 3.63) is 130 Å². The van der Waals surface area contributed by atoms with Crippen LogP contribution in [-0.2, 0) is 71.1 Å². The van der Waals surface area contributed by atoms with Crippen LogP contribution in [0.5, 0.6) is 0 Å². The molecule has 3 aliphatic heterocycles. The van der Waals surface area contributed by atoms with E-state index in [2.05, 4.69) is 42.1 Å². The molecule has 3 aromatic rings. The minimum Gasteiger partial charge on any atom is -0.748 e. The molecule has 0 bridgehead atoms. The fourth-order valence-corrected chi connectivity index (χ4v) is 12.0. The van der Waals surface area contributed by atoms with E-state index in [4.69, 9.17) is 23.9 Å². The van der Waals surface area contributed by atoms with E-state index in [1.54, 1.807) is 66.0 Å². The molecule has 2 aromatic carbocycles. The number of aromatic nitrogens is 1. The Morgan fingerprint density at radius 1 is 0.800 bits per heavy atom. The van der Waals surface area contributed by atoms with Gasteiger partial charge in [0.05, 0.1) is 84.8 Å². The number of aliphatic imine (C=N–C) groups is 2. The molecule has 6 rings (SSSR count). The van der Waals surface area contributed by atoms with Crippen molar-refractivity contribution < 1.29 is 130 Å². The van der Waals surface area contributed by atoms with Crippen molar-refractivity contribution in [3.8, 4) is 23.7 Å². The normalized spacial score (nSPS) is 16.0. The second-order valence-electron chi connectivity index (χ2n) is 20.9. The van der Waals surface area contributed by atoms with Crippen LogP contribution in [0.25, 0.3) is 0 Å². The standard InChI is InChI=1S/C57H70N6O15S5.2Na/c1-9-77-53(64)18-11-10-12-32-60-40-45(21-20-44-25-29-48(30-26-44)63(80(8,65)66)34-15-37-82(70,71)72)38-49-54(60)58-51(56(49,3)4)16-13-17-52-57(5,6)50-39-46(41-61(55(50)59-52)35-31-42(2)83(73,74)75)22-19-43-23-27-47(28-24-43)62(79-78-76-7)33-14-36-81(67,68)69;;/h13,16-17,23-30,38-42H,9-12,14-15,18,31-37H2,1-8H3,(H2-,67,68,69,70,71,72,73,74,75);;/q;2*+1/p-2. The molecule has 0 spiro atoms. The van der Waals surface area contributed by atoms with Crippen molar-refractivity contribution in [2.24, 2.45) is 15.4 Å². The van der Waals surface area contributed by atoms with Crippen LogP contribution in [0.4, 0.5) is 17.2 Å². The largest absolute Gasteiger partial charge is 1.00 e. The van der Waals surface area contributed by atoms with E-state index in [0.717, 1.165) is 58.3 Å². The molecule has 0 radical (unpaired) electrons. The fourth-order valence-electron chi connectivity index (χ4n) is 9.10. The maximum absolute atomic E-state index is 12.6. The Labute approximate surface area is 549 Å². The summed E-state index contributed by atoms with van der Waals surface area (Å²) < 4.78 is 143. The first-order valence-electron chi connectivity index (χ1n) is 26.6. The molecule has 0 aliphatic carbocycles. The number of sulfonamides is 1. The summed E-state index contributed by atoms with van der Waals surface area (Å²) >= 11 is 0.834. The van der Waals surface area contributed by atoms with Gasteiger partial charge in [0, 0.05) is 82.4 Å². The predicted octanol–water partition coefficient (Wildman–Crippen LogP) is 0.833. The number of nitrogens with zero attached hydrogens (tertiary/aromatic N) is 6. The fraction of sp³-hybridized carbons (Fsp3) is 0.439. The Morgan fingerprint density at radius 3 is 1.99 bits per heavy atom. The van der Waals surface area contributed by atoms with Crippen molar-refractivity contribution in [3.63, 3.8) is 0 Å². The molecule has 0 saturated carbocycles. The van der Waals surface area contributed by atoms with E-state index in [1.165, 1.54) is 14.0 Å². The number of unbranched alkanes of at least 4 members (excludes halogenated alkanes) is 2. The number of carbonyl (C=O) groups excluding carboxylic acids is 1. The van der Waals surface area contributed by atoms with E-state index in [1.807, 2.05) is 55.3 Å². The average molecular weight is 1280 g/mol. The molecule has 0 fully saturated rings. The Bertz CT molecular complexity index is 3700. The number of ether oxygens (including phenoxy) is 1. The van der Waals surface area contributed by atoms with Crippen molar-refractivity contribution in [1.29, 1.82) is 0 Å². The van der Waals surface area contributed by atoms with Gasteiger partial charge in [0.1, 0.15) is 12.0 Å². The summed E-state index contributed by atoms with van der Waals surface area (Å²) in [4.78, 5) is 28.9. The average Bonchev–Trinajstić information content (AvgIpc) is 1.80. The summed E-state index contributed by atoms with van der Waals surface area (Å²) in [6, 6.07) is 15.5. The first-order chi connectivity index (χ1) is 38.9. The van der Waals surface area contributed by atoms with Gasteiger partial charge in [-0.15, -0.1) is 4.33 Å². The number of hydrogen-bond donors (Lipinski definition) is 0. The number of fused-ring (bicyclic) bond motifs is 2. The molecule has 1 unspecified atom stereocenters. The summed E-state index contributed by atoms with van der Waals surface area (Å²) in [5.41, 5.74) is 5.37. The second-order valence-corrected chi connectivity index (χ2v) is 28.3. The van der Waals surface area contributed by atoms with Crippen LogP contribution in [0.2, 0.25) is 0 Å². The molecule has 85 heavy (non-hydrogen) atoms. The van der Waals surface area contributed by atoms with Gasteiger partial charge in [-0.2, -0.15) is 0 Å². The molecule has 0 saturated heterocycles. The van der Waals surface area contributed by atoms with Crippen LogP contribution >= 0.6 is 12.2 Å². The molecule has 1 atom stereocenters. The number of allylic oxidation sites excluding steroid dienone is 6. The van der Waals surface area contributed by atoms with Crippen molar-refractivity contribution in [2.45, 2.75) is 104 Å². The van der Waals surface area contributed by atoms with Gasteiger partial charge in [-0.25, -0.2) is 48.1 Å². The SMILES string of the molecule is CCOC(=O)CCCCC[n+]1cc(C#Cc2ccc(N(CCCS(=O)(=O)[O-])S(C)(=O)=O)cc2)cc2c1N=C(/C=C/C=C1\N=C3C(=CC(C#Cc4ccc(N(CCCS(=O)(=O)[O-])SOOC)cc4)=CN3CCC(C)S(=O)(=O)[O-])C1(C)C)C2(C)C.[Na+].[Na+]. The van der Waals surface area contributed by atoms with E-state index in [-0.39, 0.29) is 104 Å². The Hall–Kier alpha value is -4.17. The summed E-state index contributed by atoms with van der Waals surface area (Å²) in [5.74, 6) is 12.7. The quantitative estimate of drug-likeness (QED) is 0.00976. The van der Waals surface area contributed by atoms with Gasteiger partial charge >= 0.3 is 70.9 Å². The van der Waals surface area contributed by atoms with Crippen molar-refractivity contribution >= 4 is 87.3 Å². The minimum absolute atomic E-state index is 0. The van der Waals surface area contributed by atoms with Gasteiger partial charge < -0.3 is 23.3 Å². The first-order valence-corrected chi connectivity index (χ1v) is 33.8. The van der Waals surface area contributed by atoms with Crippen LogP contribution in [0.1, 0.15) is 109 Å². The van der Waals surface area contributed by atoms with Gasteiger partial charge in [0.25, 0.3) is 0 Å². The van der Waals surface area contributed by atoms with Gasteiger partial charge in [0.2, 0.25) is 10.0 Å². The maximum Gasteiger partial charge on any atom is 1.00 e. The van der Waals surface area contributed by atoms with E-state index >= 15 is 0 Å². The summed E-state index contributed by atoms with van der Waals surface area (Å²) in [6.07, 6.45) is 14.8. The molecule has 21 nitrogen and oxygen atoms in total. The predicted molar refractivity (Wildman–Crippen MR) is 316 cm³/mol. The zero-order valence-corrected chi connectivity index (χ0v) is 57.6. The topological polar surface area (TPSA) is 289 Å².